The van der Waals surface area contributed by atoms with E-state index in [1.807, 2.05) is 29.6 Å². The topological polar surface area (TPSA) is 107 Å². The van der Waals surface area contributed by atoms with Crippen molar-refractivity contribution in [2.24, 2.45) is 5.92 Å². The van der Waals surface area contributed by atoms with Gasteiger partial charge in [-0.2, -0.15) is 0 Å². The molecule has 0 bridgehead atoms. The van der Waals surface area contributed by atoms with Crippen LogP contribution in [0.15, 0.2) is 41.8 Å². The summed E-state index contributed by atoms with van der Waals surface area (Å²) in [5.41, 5.74) is 2.67. The average molecular weight is 489 g/mol. The van der Waals surface area contributed by atoms with Crippen LogP contribution in [0.3, 0.4) is 0 Å². The number of nitrogens with one attached hydrogen (secondary N) is 1. The van der Waals surface area contributed by atoms with Crippen LogP contribution in [0.25, 0.3) is 0 Å². The molecule has 1 saturated heterocycles. The SMILES string of the molecule is O=C(O)CN1CC(c2cccs2)SCC(NC(CCC2Cc3ccccc3C2)C(=O)O)C1=O. The maximum Gasteiger partial charge on any atom is 0.323 e. The van der Waals surface area contributed by atoms with Crippen molar-refractivity contribution in [3.63, 3.8) is 0 Å². The van der Waals surface area contributed by atoms with Gasteiger partial charge in [-0.15, -0.1) is 23.1 Å². The van der Waals surface area contributed by atoms with Crippen molar-refractivity contribution < 1.29 is 24.6 Å². The zero-order valence-corrected chi connectivity index (χ0v) is 19.8. The summed E-state index contributed by atoms with van der Waals surface area (Å²) < 4.78 is 0. The van der Waals surface area contributed by atoms with E-state index in [2.05, 4.69) is 17.4 Å². The van der Waals surface area contributed by atoms with Crippen LogP contribution in [0.4, 0.5) is 0 Å². The number of nitrogens with zero attached hydrogens (tertiary/aromatic N) is 1. The molecule has 1 aliphatic carbocycles. The van der Waals surface area contributed by atoms with E-state index in [1.54, 1.807) is 23.1 Å². The van der Waals surface area contributed by atoms with E-state index in [4.69, 9.17) is 0 Å². The molecule has 0 spiro atoms. The number of carbonyl (C=O) groups excluding carboxylic acids is 1. The average Bonchev–Trinajstić information content (AvgIpc) is 3.43. The molecule has 7 nitrogen and oxygen atoms in total. The summed E-state index contributed by atoms with van der Waals surface area (Å²) in [7, 11) is 0. The highest BCUT2D eigenvalue weighted by Gasteiger charge is 2.36. The summed E-state index contributed by atoms with van der Waals surface area (Å²) in [6.45, 7) is -0.0932. The van der Waals surface area contributed by atoms with E-state index in [0.29, 0.717) is 24.6 Å². The minimum absolute atomic E-state index is 0.0274. The fourth-order valence-electron chi connectivity index (χ4n) is 4.70. The molecule has 2 aliphatic rings. The first-order valence-electron chi connectivity index (χ1n) is 11.1. The number of rotatable bonds is 9. The highest BCUT2D eigenvalue weighted by molar-refractivity contribution is 7.99. The first kappa shape index (κ1) is 23.8. The number of hydrogen-bond donors (Lipinski definition) is 3. The molecule has 1 aromatic heterocycles. The van der Waals surface area contributed by atoms with Crippen LogP contribution in [0.1, 0.15) is 34.1 Å². The first-order valence-corrected chi connectivity index (χ1v) is 13.0. The number of hydrogen-bond acceptors (Lipinski definition) is 6. The number of carboxylic acid groups (broad SMARTS) is 2. The van der Waals surface area contributed by atoms with Gasteiger partial charge >= 0.3 is 11.9 Å². The fourth-order valence-corrected chi connectivity index (χ4v) is 6.96. The Morgan fingerprint density at radius 1 is 1.12 bits per heavy atom. The molecule has 0 radical (unpaired) electrons. The predicted molar refractivity (Wildman–Crippen MR) is 129 cm³/mol. The molecule has 176 valence electrons. The van der Waals surface area contributed by atoms with Gasteiger partial charge in [-0.05, 0) is 54.2 Å². The fraction of sp³-hybridized carbons (Fsp3) is 0.458. The molecule has 3 N–H and O–H groups in total. The summed E-state index contributed by atoms with van der Waals surface area (Å²) in [6.07, 6.45) is 3.09. The largest absolute Gasteiger partial charge is 0.480 e. The number of carbonyl (C=O) groups is 3. The molecule has 3 unspecified atom stereocenters. The van der Waals surface area contributed by atoms with Crippen molar-refractivity contribution in [2.75, 3.05) is 18.8 Å². The predicted octanol–water partition coefficient (Wildman–Crippen LogP) is 3.06. The number of thioether (sulfide) groups is 1. The van der Waals surface area contributed by atoms with E-state index in [-0.39, 0.29) is 11.2 Å². The molecule has 1 fully saturated rings. The zero-order valence-electron chi connectivity index (χ0n) is 18.2. The number of amides is 1. The van der Waals surface area contributed by atoms with Gasteiger partial charge in [0.1, 0.15) is 12.6 Å². The van der Waals surface area contributed by atoms with Crippen LogP contribution in [-0.2, 0) is 27.2 Å². The second-order valence-electron chi connectivity index (χ2n) is 8.68. The summed E-state index contributed by atoms with van der Waals surface area (Å²) in [5, 5.41) is 24.1. The molecular formula is C24H28N2O5S2. The third kappa shape index (κ3) is 5.96. The van der Waals surface area contributed by atoms with Crippen LogP contribution < -0.4 is 5.32 Å². The number of fused-ring (bicyclic) bond motifs is 1. The maximum absolute atomic E-state index is 13.2. The van der Waals surface area contributed by atoms with Gasteiger partial charge in [0.15, 0.2) is 0 Å². The second-order valence-corrected chi connectivity index (χ2v) is 10.9. The molecule has 4 rings (SSSR count). The lowest BCUT2D eigenvalue weighted by Gasteiger charge is -2.26. The molecule has 9 heteroatoms. The smallest absolute Gasteiger partial charge is 0.323 e. The molecule has 33 heavy (non-hydrogen) atoms. The number of thiophene rings is 1. The molecule has 0 saturated carbocycles. The van der Waals surface area contributed by atoms with Gasteiger partial charge < -0.3 is 15.1 Å². The normalized spacial score (nSPS) is 22.1. The number of aliphatic carboxylic acids is 2. The summed E-state index contributed by atoms with van der Waals surface area (Å²) in [6, 6.07) is 10.7. The van der Waals surface area contributed by atoms with Gasteiger partial charge in [-0.1, -0.05) is 30.3 Å². The minimum atomic E-state index is -1.07. The third-order valence-corrected chi connectivity index (χ3v) is 8.81. The van der Waals surface area contributed by atoms with Crippen LogP contribution in [0, 0.1) is 5.92 Å². The molecule has 2 aromatic rings. The zero-order chi connectivity index (χ0) is 23.4. The van der Waals surface area contributed by atoms with Gasteiger partial charge in [0.25, 0.3) is 0 Å². The summed E-state index contributed by atoms with van der Waals surface area (Å²) in [4.78, 5) is 39.0. The lowest BCUT2D eigenvalue weighted by Crippen LogP contribution is -2.53. The van der Waals surface area contributed by atoms with E-state index in [0.717, 1.165) is 24.1 Å². The summed E-state index contributed by atoms with van der Waals surface area (Å²) >= 11 is 3.15. The standard InChI is InChI=1S/C24H28N2O5S2/c27-22(28)13-26-12-21(20-6-3-9-32-20)33-14-19(23(26)29)25-18(24(30)31)8-7-15-10-16-4-1-2-5-17(16)11-15/h1-6,9,15,18-19,21,25H,7-8,10-14H2,(H,27,28)(H,30,31). The van der Waals surface area contributed by atoms with E-state index in [1.165, 1.54) is 16.0 Å². The van der Waals surface area contributed by atoms with Crippen molar-refractivity contribution in [3.05, 3.63) is 57.8 Å². The van der Waals surface area contributed by atoms with E-state index >= 15 is 0 Å². The Bertz CT molecular complexity index is 972. The second kappa shape index (κ2) is 10.7. The Kier molecular flexibility index (Phi) is 7.72. The number of benzene rings is 1. The number of carboxylic acids is 2. The summed E-state index contributed by atoms with van der Waals surface area (Å²) in [5.74, 6) is -1.60. The molecule has 2 heterocycles. The minimum Gasteiger partial charge on any atom is -0.480 e. The van der Waals surface area contributed by atoms with Gasteiger partial charge in [0.2, 0.25) is 5.91 Å². The van der Waals surface area contributed by atoms with Crippen LogP contribution in [-0.4, -0.2) is 63.9 Å². The van der Waals surface area contributed by atoms with Crippen molar-refractivity contribution in [2.45, 2.75) is 43.0 Å². The molecular weight excluding hydrogens is 460 g/mol. The third-order valence-electron chi connectivity index (χ3n) is 6.35. The Balaban J connectivity index is 1.41. The lowest BCUT2D eigenvalue weighted by atomic mass is 9.96. The Labute approximate surface area is 201 Å². The van der Waals surface area contributed by atoms with Crippen molar-refractivity contribution in [1.82, 2.24) is 10.2 Å². The maximum atomic E-state index is 13.2. The highest BCUT2D eigenvalue weighted by atomic mass is 32.2. The van der Waals surface area contributed by atoms with E-state index < -0.39 is 30.6 Å². The molecule has 1 aromatic carbocycles. The van der Waals surface area contributed by atoms with Crippen LogP contribution in [0.2, 0.25) is 0 Å². The van der Waals surface area contributed by atoms with Crippen molar-refractivity contribution >= 4 is 40.9 Å². The first-order chi connectivity index (χ1) is 15.9. The lowest BCUT2D eigenvalue weighted by molar-refractivity contribution is -0.146. The highest BCUT2D eigenvalue weighted by Crippen LogP contribution is 2.36. The molecule has 1 amide bonds. The van der Waals surface area contributed by atoms with Crippen molar-refractivity contribution in [3.8, 4) is 0 Å². The monoisotopic (exact) mass is 488 g/mol. The van der Waals surface area contributed by atoms with Gasteiger partial charge in [-0.25, -0.2) is 0 Å². The van der Waals surface area contributed by atoms with E-state index in [9.17, 15) is 24.6 Å². The molecule has 1 aliphatic heterocycles. The van der Waals surface area contributed by atoms with Crippen molar-refractivity contribution in [1.29, 1.82) is 0 Å². The Morgan fingerprint density at radius 3 is 2.45 bits per heavy atom. The van der Waals surface area contributed by atoms with Crippen LogP contribution >= 0.6 is 23.1 Å². The Morgan fingerprint density at radius 2 is 1.85 bits per heavy atom. The quantitative estimate of drug-likeness (QED) is 0.498. The van der Waals surface area contributed by atoms with Gasteiger partial charge in [0, 0.05) is 17.2 Å². The molecule has 3 atom stereocenters. The van der Waals surface area contributed by atoms with Crippen LogP contribution in [0.5, 0.6) is 0 Å². The van der Waals surface area contributed by atoms with Gasteiger partial charge in [-0.3, -0.25) is 19.7 Å². The Hall–Kier alpha value is -2.36. The van der Waals surface area contributed by atoms with Gasteiger partial charge in [0.05, 0.1) is 11.3 Å².